The topological polar surface area (TPSA) is 94.2 Å². The molecule has 9 heteroatoms. The molecule has 1 N–H and O–H groups in total. The molecular weight excluding hydrogens is 364 g/mol. The number of carbonyl (C=O) groups excluding carboxylic acids is 1. The number of carbonyl (C=O) groups is 1. The molecule has 4 aromatic rings. The van der Waals surface area contributed by atoms with Crippen molar-refractivity contribution in [2.75, 3.05) is 5.32 Å². The van der Waals surface area contributed by atoms with Crippen molar-refractivity contribution in [3.63, 3.8) is 0 Å². The lowest BCUT2D eigenvalue weighted by Gasteiger charge is -2.07. The zero-order valence-corrected chi connectivity index (χ0v) is 15.3. The molecular formula is C18H16N6O2S. The molecule has 0 fully saturated rings. The summed E-state index contributed by atoms with van der Waals surface area (Å²) < 4.78 is 6.74. The highest BCUT2D eigenvalue weighted by Crippen LogP contribution is 2.16. The largest absolute Gasteiger partial charge is 0.350 e. The second-order valence-corrected chi connectivity index (χ2v) is 6.68. The molecule has 0 unspecified atom stereocenters. The van der Waals surface area contributed by atoms with Crippen LogP contribution in [-0.4, -0.2) is 29.7 Å². The van der Waals surface area contributed by atoms with Crippen LogP contribution < -0.4 is 11.0 Å². The number of rotatable bonds is 5. The highest BCUT2D eigenvalue weighted by Gasteiger charge is 2.15. The van der Waals surface area contributed by atoms with Gasteiger partial charge in [0.1, 0.15) is 4.88 Å². The quantitative estimate of drug-likeness (QED) is 0.573. The van der Waals surface area contributed by atoms with E-state index in [0.717, 1.165) is 17.1 Å². The van der Waals surface area contributed by atoms with Gasteiger partial charge in [-0.15, -0.1) is 10.2 Å². The molecule has 0 aliphatic heterocycles. The van der Waals surface area contributed by atoms with Crippen molar-refractivity contribution < 1.29 is 4.79 Å². The van der Waals surface area contributed by atoms with E-state index in [1.807, 2.05) is 31.2 Å². The highest BCUT2D eigenvalue weighted by atomic mass is 32.1. The Morgan fingerprint density at radius 2 is 2.11 bits per heavy atom. The van der Waals surface area contributed by atoms with Crippen molar-refractivity contribution >= 4 is 28.8 Å². The van der Waals surface area contributed by atoms with Crippen molar-refractivity contribution in [1.29, 1.82) is 0 Å². The number of fused-ring (bicyclic) bond motifs is 1. The first-order valence-electron chi connectivity index (χ1n) is 8.41. The van der Waals surface area contributed by atoms with E-state index in [-0.39, 0.29) is 11.6 Å². The lowest BCUT2D eigenvalue weighted by atomic mass is 10.2. The van der Waals surface area contributed by atoms with Crippen LogP contribution in [0.2, 0.25) is 0 Å². The monoisotopic (exact) mass is 380 g/mol. The zero-order valence-electron chi connectivity index (χ0n) is 14.5. The standard InChI is InChI=1S/C18H16N6O2S/c1-2-14-16(27-22-20-14)17(25)19-13-7-5-6-12(10-13)11-24-18(26)23-9-4-3-8-15(23)21-24/h3-10H,2,11H2,1H3,(H,19,25). The van der Waals surface area contributed by atoms with Gasteiger partial charge in [-0.05, 0) is 47.8 Å². The molecule has 0 aliphatic carbocycles. The van der Waals surface area contributed by atoms with Gasteiger partial charge in [-0.3, -0.25) is 9.20 Å². The Morgan fingerprint density at radius 3 is 2.93 bits per heavy atom. The summed E-state index contributed by atoms with van der Waals surface area (Å²) in [5.74, 6) is -0.233. The average molecular weight is 380 g/mol. The Balaban J connectivity index is 1.56. The number of nitrogens with one attached hydrogen (secondary N) is 1. The molecule has 4 rings (SSSR count). The van der Waals surface area contributed by atoms with Crippen molar-refractivity contribution in [1.82, 2.24) is 23.8 Å². The molecule has 0 aliphatic rings. The van der Waals surface area contributed by atoms with Crippen LogP contribution in [0.4, 0.5) is 5.69 Å². The minimum absolute atomic E-state index is 0.205. The predicted octanol–water partition coefficient (Wildman–Crippen LogP) is 2.21. The van der Waals surface area contributed by atoms with Gasteiger partial charge < -0.3 is 5.32 Å². The maximum atomic E-state index is 12.4. The molecule has 0 spiro atoms. The van der Waals surface area contributed by atoms with Crippen molar-refractivity contribution in [3.05, 3.63) is 75.3 Å². The van der Waals surface area contributed by atoms with Crippen molar-refractivity contribution in [2.24, 2.45) is 0 Å². The van der Waals surface area contributed by atoms with E-state index >= 15 is 0 Å². The molecule has 8 nitrogen and oxygen atoms in total. The fourth-order valence-corrected chi connectivity index (χ4v) is 3.44. The first kappa shape index (κ1) is 17.1. The molecule has 0 bridgehead atoms. The van der Waals surface area contributed by atoms with E-state index < -0.39 is 0 Å². The average Bonchev–Trinajstić information content (AvgIpc) is 3.27. The van der Waals surface area contributed by atoms with Crippen LogP contribution in [0.5, 0.6) is 0 Å². The number of anilines is 1. The van der Waals surface area contributed by atoms with Gasteiger partial charge in [-0.2, -0.15) is 0 Å². The number of aryl methyl sites for hydroxylation is 1. The molecule has 0 saturated carbocycles. The lowest BCUT2D eigenvalue weighted by Crippen LogP contribution is -2.21. The lowest BCUT2D eigenvalue weighted by molar-refractivity contribution is 0.102. The second-order valence-electron chi connectivity index (χ2n) is 5.93. The van der Waals surface area contributed by atoms with Gasteiger partial charge in [-0.25, -0.2) is 9.48 Å². The van der Waals surface area contributed by atoms with Gasteiger partial charge in [-0.1, -0.05) is 29.6 Å². The van der Waals surface area contributed by atoms with Gasteiger partial charge in [0.25, 0.3) is 5.91 Å². The van der Waals surface area contributed by atoms with E-state index in [0.29, 0.717) is 34.9 Å². The third-order valence-corrected chi connectivity index (χ3v) is 4.87. The number of benzene rings is 1. The minimum Gasteiger partial charge on any atom is -0.321 e. The molecule has 0 radical (unpaired) electrons. The third-order valence-electron chi connectivity index (χ3n) is 4.10. The normalized spacial score (nSPS) is 11.0. The summed E-state index contributed by atoms with van der Waals surface area (Å²) in [5.41, 5.74) is 2.58. The highest BCUT2D eigenvalue weighted by molar-refractivity contribution is 7.08. The van der Waals surface area contributed by atoms with Gasteiger partial charge in [0, 0.05) is 11.9 Å². The van der Waals surface area contributed by atoms with Gasteiger partial charge >= 0.3 is 5.69 Å². The van der Waals surface area contributed by atoms with Gasteiger partial charge in [0.05, 0.1) is 12.2 Å². The molecule has 3 heterocycles. The van der Waals surface area contributed by atoms with Gasteiger partial charge in [0.2, 0.25) is 0 Å². The summed E-state index contributed by atoms with van der Waals surface area (Å²) in [6, 6.07) is 12.7. The van der Waals surface area contributed by atoms with Crippen LogP contribution >= 0.6 is 11.5 Å². The Bertz CT molecular complexity index is 1180. The van der Waals surface area contributed by atoms with Crippen molar-refractivity contribution in [3.8, 4) is 0 Å². The molecule has 3 aromatic heterocycles. The zero-order chi connectivity index (χ0) is 18.8. The van der Waals surface area contributed by atoms with Crippen LogP contribution in [0.1, 0.15) is 27.9 Å². The minimum atomic E-state index is -0.233. The third kappa shape index (κ3) is 3.36. The first-order valence-corrected chi connectivity index (χ1v) is 9.19. The fraction of sp³-hybridized carbons (Fsp3) is 0.167. The number of nitrogens with zero attached hydrogens (tertiary/aromatic N) is 5. The van der Waals surface area contributed by atoms with Crippen LogP contribution in [0.15, 0.2) is 53.5 Å². The van der Waals surface area contributed by atoms with E-state index in [2.05, 4.69) is 20.0 Å². The van der Waals surface area contributed by atoms with E-state index in [9.17, 15) is 9.59 Å². The van der Waals surface area contributed by atoms with Crippen LogP contribution in [0.25, 0.3) is 5.65 Å². The molecule has 27 heavy (non-hydrogen) atoms. The molecule has 1 amide bonds. The van der Waals surface area contributed by atoms with E-state index in [1.54, 1.807) is 24.4 Å². The number of pyridine rings is 1. The fourth-order valence-electron chi connectivity index (χ4n) is 2.79. The maximum absolute atomic E-state index is 12.4. The summed E-state index contributed by atoms with van der Waals surface area (Å²) in [7, 11) is 0. The van der Waals surface area contributed by atoms with E-state index in [1.165, 1.54) is 9.08 Å². The number of amides is 1. The maximum Gasteiger partial charge on any atom is 0.350 e. The van der Waals surface area contributed by atoms with Gasteiger partial charge in [0.15, 0.2) is 5.65 Å². The Kier molecular flexibility index (Phi) is 4.51. The smallest absolute Gasteiger partial charge is 0.321 e. The van der Waals surface area contributed by atoms with Crippen LogP contribution in [0, 0.1) is 0 Å². The number of aromatic nitrogens is 5. The predicted molar refractivity (Wildman–Crippen MR) is 102 cm³/mol. The van der Waals surface area contributed by atoms with E-state index in [4.69, 9.17) is 0 Å². The number of hydrogen-bond donors (Lipinski definition) is 1. The molecule has 136 valence electrons. The molecule has 0 atom stereocenters. The molecule has 0 saturated heterocycles. The summed E-state index contributed by atoms with van der Waals surface area (Å²) in [4.78, 5) is 25.4. The Morgan fingerprint density at radius 1 is 1.22 bits per heavy atom. The summed E-state index contributed by atoms with van der Waals surface area (Å²) in [6.07, 6.45) is 2.34. The van der Waals surface area contributed by atoms with Crippen molar-refractivity contribution in [2.45, 2.75) is 19.9 Å². The Hall–Kier alpha value is -3.33. The summed E-state index contributed by atoms with van der Waals surface area (Å²) >= 11 is 1.08. The summed E-state index contributed by atoms with van der Waals surface area (Å²) in [6.45, 7) is 2.24. The summed E-state index contributed by atoms with van der Waals surface area (Å²) in [5, 5.41) is 11.2. The van der Waals surface area contributed by atoms with Crippen LogP contribution in [0.3, 0.4) is 0 Å². The Labute approximate surface area is 158 Å². The molecule has 1 aromatic carbocycles. The number of hydrogen-bond acceptors (Lipinski definition) is 6. The SMILES string of the molecule is CCc1nnsc1C(=O)Nc1cccc(Cn2nc3ccccn3c2=O)c1. The first-order chi connectivity index (χ1) is 13.2. The second kappa shape index (κ2) is 7.12. The van der Waals surface area contributed by atoms with Crippen LogP contribution in [-0.2, 0) is 13.0 Å².